The van der Waals surface area contributed by atoms with Crippen LogP contribution in [0.1, 0.15) is 38.7 Å². The first kappa shape index (κ1) is 16.3. The summed E-state index contributed by atoms with van der Waals surface area (Å²) < 4.78 is 26.9. The molecule has 0 bridgehead atoms. The molecule has 0 N–H and O–H groups in total. The molecule has 0 aliphatic carbocycles. The Balaban J connectivity index is 2.32. The van der Waals surface area contributed by atoms with Crippen molar-refractivity contribution in [2.24, 2.45) is 5.41 Å². The normalized spacial score (nSPS) is 18.6. The lowest BCUT2D eigenvalue weighted by molar-refractivity contribution is 0.279. The van der Waals surface area contributed by atoms with Crippen LogP contribution >= 0.6 is 11.6 Å². The van der Waals surface area contributed by atoms with Crippen molar-refractivity contribution in [1.82, 2.24) is 4.31 Å². The summed E-state index contributed by atoms with van der Waals surface area (Å²) in [7, 11) is -3.54. The van der Waals surface area contributed by atoms with Gasteiger partial charge in [0.25, 0.3) is 0 Å². The van der Waals surface area contributed by atoms with Gasteiger partial charge in [-0.3, -0.25) is 0 Å². The van der Waals surface area contributed by atoms with Crippen molar-refractivity contribution < 1.29 is 8.42 Å². The first-order valence-corrected chi connectivity index (χ1v) is 8.90. The van der Waals surface area contributed by atoms with Gasteiger partial charge < -0.3 is 0 Å². The molecule has 0 unspecified atom stereocenters. The van der Waals surface area contributed by atoms with Crippen molar-refractivity contribution in [3.05, 3.63) is 28.8 Å². The van der Waals surface area contributed by atoms with Crippen LogP contribution in [-0.2, 0) is 10.0 Å². The number of sulfonamides is 1. The lowest BCUT2D eigenvalue weighted by Gasteiger charge is -2.26. The van der Waals surface area contributed by atoms with E-state index in [1.165, 1.54) is 22.5 Å². The van der Waals surface area contributed by atoms with E-state index in [2.05, 4.69) is 13.8 Å². The Bertz CT molecular complexity index is 675. The van der Waals surface area contributed by atoms with Crippen molar-refractivity contribution in [3.63, 3.8) is 0 Å². The molecule has 6 heteroatoms. The van der Waals surface area contributed by atoms with Crippen LogP contribution in [0.5, 0.6) is 0 Å². The fourth-order valence-electron chi connectivity index (χ4n) is 2.82. The highest BCUT2D eigenvalue weighted by molar-refractivity contribution is 7.89. The predicted octanol–water partition coefficient (Wildman–Crippen LogP) is 3.41. The van der Waals surface area contributed by atoms with Crippen LogP contribution in [0.4, 0.5) is 0 Å². The van der Waals surface area contributed by atoms with Crippen LogP contribution in [0.25, 0.3) is 0 Å². The van der Waals surface area contributed by atoms with E-state index in [-0.39, 0.29) is 20.9 Å². The molecular weight excluding hydrogens is 308 g/mol. The maximum Gasteiger partial charge on any atom is 0.243 e. The van der Waals surface area contributed by atoms with Crippen molar-refractivity contribution in [3.8, 4) is 6.07 Å². The molecule has 1 aromatic carbocycles. The van der Waals surface area contributed by atoms with Crippen LogP contribution in [-0.4, -0.2) is 25.8 Å². The van der Waals surface area contributed by atoms with Crippen LogP contribution in [0.2, 0.25) is 5.02 Å². The molecule has 1 fully saturated rings. The Morgan fingerprint density at radius 1 is 1.38 bits per heavy atom. The Morgan fingerprint density at radius 3 is 2.52 bits per heavy atom. The number of benzene rings is 1. The quantitative estimate of drug-likeness (QED) is 0.851. The maximum atomic E-state index is 12.7. The van der Waals surface area contributed by atoms with Gasteiger partial charge in [-0.15, -0.1) is 0 Å². The number of rotatable bonds is 4. The van der Waals surface area contributed by atoms with Gasteiger partial charge in [0.05, 0.1) is 15.5 Å². The molecule has 0 saturated carbocycles. The Kier molecular flexibility index (Phi) is 4.62. The Labute approximate surface area is 131 Å². The second kappa shape index (κ2) is 5.96. The van der Waals surface area contributed by atoms with Crippen molar-refractivity contribution in [2.45, 2.75) is 38.0 Å². The zero-order valence-electron chi connectivity index (χ0n) is 12.3. The van der Waals surface area contributed by atoms with Gasteiger partial charge in [-0.1, -0.05) is 25.4 Å². The van der Waals surface area contributed by atoms with E-state index in [0.29, 0.717) is 13.1 Å². The molecule has 4 nitrogen and oxygen atoms in total. The second-order valence-corrected chi connectivity index (χ2v) is 7.89. The summed E-state index contributed by atoms with van der Waals surface area (Å²) in [6.45, 7) is 5.32. The number of halogens is 1. The Morgan fingerprint density at radius 2 is 2.05 bits per heavy atom. The highest BCUT2D eigenvalue weighted by Gasteiger charge is 2.40. The lowest BCUT2D eigenvalue weighted by atomic mass is 9.82. The molecule has 1 aliphatic heterocycles. The molecule has 0 amide bonds. The standard InChI is InChI=1S/C15H19ClN2O2S/c1-3-15(4-2)7-8-18(11-15)21(19,20)13-6-5-12(10-17)14(16)9-13/h5-6,9H,3-4,7-8,11H2,1-2H3. The third kappa shape index (κ3) is 2.94. The summed E-state index contributed by atoms with van der Waals surface area (Å²) >= 11 is 5.95. The highest BCUT2D eigenvalue weighted by atomic mass is 35.5. The van der Waals surface area contributed by atoms with E-state index in [1.54, 1.807) is 0 Å². The minimum Gasteiger partial charge on any atom is -0.207 e. The summed E-state index contributed by atoms with van der Waals surface area (Å²) in [5.74, 6) is 0. The van der Waals surface area contributed by atoms with Gasteiger partial charge in [0.2, 0.25) is 10.0 Å². The van der Waals surface area contributed by atoms with Gasteiger partial charge >= 0.3 is 0 Å². The molecule has 114 valence electrons. The monoisotopic (exact) mass is 326 g/mol. The molecule has 1 aromatic rings. The van der Waals surface area contributed by atoms with E-state index < -0.39 is 10.0 Å². The Hall–Kier alpha value is -1.09. The number of hydrogen-bond donors (Lipinski definition) is 0. The van der Waals surface area contributed by atoms with Gasteiger partial charge in [0.1, 0.15) is 6.07 Å². The third-order valence-electron chi connectivity index (χ3n) is 4.60. The van der Waals surface area contributed by atoms with E-state index in [1.807, 2.05) is 6.07 Å². The number of hydrogen-bond acceptors (Lipinski definition) is 3. The number of nitriles is 1. The SMILES string of the molecule is CCC1(CC)CCN(S(=O)(=O)c2ccc(C#N)c(Cl)c2)C1. The van der Waals surface area contributed by atoms with E-state index in [0.717, 1.165) is 19.3 Å². The van der Waals surface area contributed by atoms with Crippen LogP contribution in [0.15, 0.2) is 23.1 Å². The van der Waals surface area contributed by atoms with Gasteiger partial charge in [-0.25, -0.2) is 8.42 Å². The van der Waals surface area contributed by atoms with Gasteiger partial charge in [-0.05, 0) is 42.9 Å². The summed E-state index contributed by atoms with van der Waals surface area (Å²) in [5.41, 5.74) is 0.372. The molecule has 0 radical (unpaired) electrons. The predicted molar refractivity (Wildman–Crippen MR) is 82.6 cm³/mol. The highest BCUT2D eigenvalue weighted by Crippen LogP contribution is 2.39. The van der Waals surface area contributed by atoms with Gasteiger partial charge in [-0.2, -0.15) is 9.57 Å². The first-order chi connectivity index (χ1) is 9.88. The van der Waals surface area contributed by atoms with E-state index >= 15 is 0 Å². The minimum atomic E-state index is -3.54. The fraction of sp³-hybridized carbons (Fsp3) is 0.533. The maximum absolute atomic E-state index is 12.7. The second-order valence-electron chi connectivity index (χ2n) is 5.55. The number of nitrogens with zero attached hydrogens (tertiary/aromatic N) is 2. The molecule has 0 spiro atoms. The van der Waals surface area contributed by atoms with Crippen LogP contribution in [0.3, 0.4) is 0 Å². The summed E-state index contributed by atoms with van der Waals surface area (Å²) in [5, 5.41) is 9.04. The topological polar surface area (TPSA) is 61.2 Å². The molecule has 0 aromatic heterocycles. The molecular formula is C15H19ClN2O2S. The van der Waals surface area contributed by atoms with Crippen molar-refractivity contribution >= 4 is 21.6 Å². The summed E-state index contributed by atoms with van der Waals surface area (Å²) in [6.07, 6.45) is 2.84. The molecule has 1 saturated heterocycles. The minimum absolute atomic E-state index is 0.0868. The zero-order chi connectivity index (χ0) is 15.7. The molecule has 2 rings (SSSR count). The molecule has 1 heterocycles. The summed E-state index contributed by atoms with van der Waals surface area (Å²) in [6, 6.07) is 6.22. The van der Waals surface area contributed by atoms with Crippen LogP contribution < -0.4 is 0 Å². The zero-order valence-corrected chi connectivity index (χ0v) is 13.8. The van der Waals surface area contributed by atoms with E-state index in [4.69, 9.17) is 16.9 Å². The third-order valence-corrected chi connectivity index (χ3v) is 6.76. The fourth-order valence-corrected chi connectivity index (χ4v) is 4.69. The molecule has 21 heavy (non-hydrogen) atoms. The average Bonchev–Trinajstić information content (AvgIpc) is 2.93. The first-order valence-electron chi connectivity index (χ1n) is 7.08. The average molecular weight is 327 g/mol. The lowest BCUT2D eigenvalue weighted by Crippen LogP contribution is -2.31. The van der Waals surface area contributed by atoms with Crippen molar-refractivity contribution in [1.29, 1.82) is 5.26 Å². The summed E-state index contributed by atoms with van der Waals surface area (Å²) in [4.78, 5) is 0.162. The van der Waals surface area contributed by atoms with Gasteiger partial charge in [0, 0.05) is 13.1 Å². The smallest absolute Gasteiger partial charge is 0.207 e. The van der Waals surface area contributed by atoms with Gasteiger partial charge in [0.15, 0.2) is 0 Å². The molecule has 0 atom stereocenters. The molecule has 1 aliphatic rings. The largest absolute Gasteiger partial charge is 0.243 e. The van der Waals surface area contributed by atoms with Crippen molar-refractivity contribution in [2.75, 3.05) is 13.1 Å². The van der Waals surface area contributed by atoms with Crippen LogP contribution in [0, 0.1) is 16.7 Å². The van der Waals surface area contributed by atoms with E-state index in [9.17, 15) is 8.42 Å².